The van der Waals surface area contributed by atoms with Crippen LogP contribution in [0.1, 0.15) is 0 Å². The van der Waals surface area contributed by atoms with Crippen LogP contribution >= 0.6 is 0 Å². The van der Waals surface area contributed by atoms with Crippen LogP contribution in [0, 0.1) is 11.6 Å². The molecule has 0 atom stereocenters. The maximum Gasteiger partial charge on any atom is 0.169 e. The van der Waals surface area contributed by atoms with Gasteiger partial charge in [0.1, 0.15) is 0 Å². The number of rotatable bonds is 1. The molecule has 0 saturated heterocycles. The molecule has 0 bridgehead atoms. The van der Waals surface area contributed by atoms with Gasteiger partial charge in [-0.3, -0.25) is 0 Å². The van der Waals surface area contributed by atoms with Gasteiger partial charge in [0.15, 0.2) is 23.2 Å². The summed E-state index contributed by atoms with van der Waals surface area (Å²) >= 11 is 0. The molecule has 0 spiro atoms. The second-order valence-electron chi connectivity index (χ2n) is 2.87. The zero-order valence-electron chi connectivity index (χ0n) is 7.48. The summed E-state index contributed by atoms with van der Waals surface area (Å²) in [7, 11) is 0. The van der Waals surface area contributed by atoms with E-state index >= 15 is 0 Å². The lowest BCUT2D eigenvalue weighted by Gasteiger charge is -2.01. The van der Waals surface area contributed by atoms with Gasteiger partial charge in [-0.15, -0.1) is 0 Å². The third-order valence-corrected chi connectivity index (χ3v) is 1.83. The Morgan fingerprint density at radius 1 is 1.07 bits per heavy atom. The second kappa shape index (κ2) is 3.61. The molecule has 0 radical (unpaired) electrons. The Morgan fingerprint density at radius 2 is 1.73 bits per heavy atom. The molecule has 0 aliphatic heterocycles. The van der Waals surface area contributed by atoms with Crippen molar-refractivity contribution in [2.45, 2.75) is 0 Å². The molecule has 0 aliphatic rings. The van der Waals surface area contributed by atoms with Crippen molar-refractivity contribution >= 4 is 0 Å². The molecule has 5 heteroatoms. The molecule has 1 heterocycles. The number of aromatic hydroxyl groups is 1. The Labute approximate surface area is 84.1 Å². The van der Waals surface area contributed by atoms with Gasteiger partial charge in [-0.2, -0.15) is 0 Å². The lowest BCUT2D eigenvalue weighted by molar-refractivity contribution is 0.469. The fraction of sp³-hybridized carbons (Fsp3) is 0. The summed E-state index contributed by atoms with van der Waals surface area (Å²) in [5.74, 6) is -2.05. The summed E-state index contributed by atoms with van der Waals surface area (Å²) < 4.78 is 26.1. The van der Waals surface area contributed by atoms with E-state index in [-0.39, 0.29) is 17.1 Å². The van der Waals surface area contributed by atoms with Crippen LogP contribution in [0.5, 0.6) is 5.75 Å². The molecular weight excluding hydrogens is 202 g/mol. The van der Waals surface area contributed by atoms with Crippen LogP contribution in [0.25, 0.3) is 11.4 Å². The molecule has 2 rings (SSSR count). The summed E-state index contributed by atoms with van der Waals surface area (Å²) in [6.45, 7) is 0. The van der Waals surface area contributed by atoms with Gasteiger partial charge in [-0.25, -0.2) is 18.7 Å². The third-order valence-electron chi connectivity index (χ3n) is 1.83. The van der Waals surface area contributed by atoms with Crippen LogP contribution in [-0.2, 0) is 0 Å². The van der Waals surface area contributed by atoms with Crippen LogP contribution < -0.4 is 0 Å². The van der Waals surface area contributed by atoms with E-state index in [1.54, 1.807) is 0 Å². The fourth-order valence-electron chi connectivity index (χ4n) is 1.14. The summed E-state index contributed by atoms with van der Waals surface area (Å²) in [4.78, 5) is 7.37. The molecule has 0 aliphatic carbocycles. The Hall–Kier alpha value is -2.04. The minimum Gasteiger partial charge on any atom is -0.505 e. The zero-order chi connectivity index (χ0) is 10.8. The number of aromatic nitrogens is 2. The lowest BCUT2D eigenvalue weighted by Crippen LogP contribution is -1.93. The molecule has 0 fully saturated rings. The topological polar surface area (TPSA) is 46.0 Å². The van der Waals surface area contributed by atoms with Crippen molar-refractivity contribution in [1.29, 1.82) is 0 Å². The number of benzene rings is 1. The van der Waals surface area contributed by atoms with E-state index in [0.717, 1.165) is 18.5 Å². The third kappa shape index (κ3) is 1.76. The molecule has 0 amide bonds. The minimum atomic E-state index is -0.997. The molecule has 0 saturated carbocycles. The molecular formula is C10H6F2N2O. The molecule has 1 aromatic heterocycles. The number of hydrogen-bond donors (Lipinski definition) is 1. The van der Waals surface area contributed by atoms with Crippen LogP contribution in [0.3, 0.4) is 0 Å². The van der Waals surface area contributed by atoms with Gasteiger partial charge in [-0.05, 0) is 12.1 Å². The predicted octanol–water partition coefficient (Wildman–Crippen LogP) is 2.13. The van der Waals surface area contributed by atoms with Crippen LogP contribution in [0.4, 0.5) is 8.78 Å². The van der Waals surface area contributed by atoms with Crippen molar-refractivity contribution in [2.75, 3.05) is 0 Å². The molecule has 3 nitrogen and oxygen atoms in total. The minimum absolute atomic E-state index is 0.0322. The SMILES string of the molecule is Oc1cnc(-c2cccc(F)c2F)nc1. The summed E-state index contributed by atoms with van der Waals surface area (Å²) in [5, 5.41) is 8.93. The van der Waals surface area contributed by atoms with Gasteiger partial charge in [0, 0.05) is 0 Å². The van der Waals surface area contributed by atoms with Gasteiger partial charge < -0.3 is 5.11 Å². The van der Waals surface area contributed by atoms with Crippen molar-refractivity contribution in [3.05, 3.63) is 42.2 Å². The normalized spacial score (nSPS) is 10.3. The van der Waals surface area contributed by atoms with Crippen molar-refractivity contribution in [3.63, 3.8) is 0 Å². The fourth-order valence-corrected chi connectivity index (χ4v) is 1.14. The molecule has 76 valence electrons. The maximum atomic E-state index is 13.3. The van der Waals surface area contributed by atoms with Crippen molar-refractivity contribution in [2.24, 2.45) is 0 Å². The Bertz CT molecular complexity index is 485. The first-order valence-electron chi connectivity index (χ1n) is 4.14. The first kappa shape index (κ1) is 9.51. The number of nitrogens with zero attached hydrogens (tertiary/aromatic N) is 2. The van der Waals surface area contributed by atoms with Crippen LogP contribution in [-0.4, -0.2) is 15.1 Å². The van der Waals surface area contributed by atoms with E-state index < -0.39 is 11.6 Å². The van der Waals surface area contributed by atoms with E-state index in [9.17, 15) is 8.78 Å². The summed E-state index contributed by atoms with van der Waals surface area (Å²) in [6.07, 6.45) is 2.24. The monoisotopic (exact) mass is 208 g/mol. The first-order valence-corrected chi connectivity index (χ1v) is 4.14. The molecule has 2 aromatic rings. The van der Waals surface area contributed by atoms with Crippen LogP contribution in [0.15, 0.2) is 30.6 Å². The standard InChI is InChI=1S/C10H6F2N2O/c11-8-3-1-2-7(9(8)12)10-13-4-6(15)5-14-10/h1-5,15H. The van der Waals surface area contributed by atoms with Crippen molar-refractivity contribution in [3.8, 4) is 17.1 Å². The first-order chi connectivity index (χ1) is 7.18. The zero-order valence-corrected chi connectivity index (χ0v) is 7.48. The lowest BCUT2D eigenvalue weighted by atomic mass is 10.2. The van der Waals surface area contributed by atoms with E-state index in [0.29, 0.717) is 0 Å². The highest BCUT2D eigenvalue weighted by molar-refractivity contribution is 5.55. The Balaban J connectivity index is 2.54. The Morgan fingerprint density at radius 3 is 2.40 bits per heavy atom. The van der Waals surface area contributed by atoms with E-state index in [1.165, 1.54) is 12.1 Å². The Kier molecular flexibility index (Phi) is 2.29. The number of hydrogen-bond acceptors (Lipinski definition) is 3. The highest BCUT2D eigenvalue weighted by atomic mass is 19.2. The summed E-state index contributed by atoms with van der Waals surface area (Å²) in [6, 6.07) is 3.74. The van der Waals surface area contributed by atoms with Gasteiger partial charge >= 0.3 is 0 Å². The predicted molar refractivity (Wildman–Crippen MR) is 49.0 cm³/mol. The van der Waals surface area contributed by atoms with Gasteiger partial charge in [0.2, 0.25) is 0 Å². The highest BCUT2D eigenvalue weighted by Gasteiger charge is 2.11. The van der Waals surface area contributed by atoms with Crippen LogP contribution in [0.2, 0.25) is 0 Å². The van der Waals surface area contributed by atoms with Gasteiger partial charge in [-0.1, -0.05) is 6.07 Å². The summed E-state index contributed by atoms with van der Waals surface area (Å²) in [5.41, 5.74) is -0.0324. The maximum absolute atomic E-state index is 13.3. The molecule has 1 N–H and O–H groups in total. The van der Waals surface area contributed by atoms with E-state index in [2.05, 4.69) is 9.97 Å². The largest absolute Gasteiger partial charge is 0.505 e. The smallest absolute Gasteiger partial charge is 0.169 e. The number of halogens is 2. The van der Waals surface area contributed by atoms with Gasteiger partial charge in [0.05, 0.1) is 18.0 Å². The molecule has 0 unspecified atom stereocenters. The van der Waals surface area contributed by atoms with Crippen molar-refractivity contribution in [1.82, 2.24) is 9.97 Å². The van der Waals surface area contributed by atoms with Crippen molar-refractivity contribution < 1.29 is 13.9 Å². The highest BCUT2D eigenvalue weighted by Crippen LogP contribution is 2.21. The molecule has 15 heavy (non-hydrogen) atoms. The quantitative estimate of drug-likeness (QED) is 0.780. The molecule has 1 aromatic carbocycles. The second-order valence-corrected chi connectivity index (χ2v) is 2.87. The average molecular weight is 208 g/mol. The van der Waals surface area contributed by atoms with E-state index in [4.69, 9.17) is 5.11 Å². The van der Waals surface area contributed by atoms with Gasteiger partial charge in [0.25, 0.3) is 0 Å². The average Bonchev–Trinajstić information content (AvgIpc) is 2.24. The van der Waals surface area contributed by atoms with E-state index in [1.807, 2.05) is 0 Å².